The van der Waals surface area contributed by atoms with E-state index in [0.29, 0.717) is 23.5 Å². The zero-order valence-corrected chi connectivity index (χ0v) is 29.8. The van der Waals surface area contributed by atoms with Gasteiger partial charge in [-0.2, -0.15) is 9.97 Å². The Labute approximate surface area is 310 Å². The monoisotopic (exact) mass is 696 g/mol. The molecule has 10 aromatic rings. The lowest BCUT2D eigenvalue weighted by atomic mass is 9.85. The first-order valence-electron chi connectivity index (χ1n) is 18.2. The summed E-state index contributed by atoms with van der Waals surface area (Å²) in [5.41, 5.74) is 7.94. The molecule has 0 amide bonds. The van der Waals surface area contributed by atoms with Gasteiger partial charge in [0.15, 0.2) is 11.6 Å². The zero-order chi connectivity index (χ0) is 35.0. The van der Waals surface area contributed by atoms with Gasteiger partial charge >= 0.3 is 0 Å². The maximum absolute atomic E-state index is 5.39. The summed E-state index contributed by atoms with van der Waals surface area (Å²) in [5, 5.41) is 8.54. The summed E-state index contributed by atoms with van der Waals surface area (Å²) in [6.45, 7) is 2.33. The van der Waals surface area contributed by atoms with Crippen LogP contribution in [0, 0.1) is 5.92 Å². The van der Waals surface area contributed by atoms with Crippen LogP contribution in [0.5, 0.6) is 0 Å². The molecule has 1 atom stereocenters. The van der Waals surface area contributed by atoms with Crippen molar-refractivity contribution in [1.29, 1.82) is 0 Å². The maximum atomic E-state index is 5.39. The van der Waals surface area contributed by atoms with Gasteiger partial charge in [-0.1, -0.05) is 140 Å². The first kappa shape index (κ1) is 30.2. The number of hydrogen-bond acceptors (Lipinski definition) is 4. The Kier molecular flexibility index (Phi) is 6.73. The number of allylic oxidation sites excluding steroid dienone is 1. The molecule has 1 aliphatic rings. The van der Waals surface area contributed by atoms with E-state index in [4.69, 9.17) is 15.0 Å². The van der Waals surface area contributed by atoms with Gasteiger partial charge in [-0.25, -0.2) is 4.98 Å². The zero-order valence-electron chi connectivity index (χ0n) is 29.0. The minimum Gasteiger partial charge on any atom is -0.277 e. The molecule has 0 N–H and O–H groups in total. The van der Waals surface area contributed by atoms with E-state index in [1.165, 1.54) is 58.4 Å². The summed E-state index contributed by atoms with van der Waals surface area (Å²) in [5.74, 6) is 2.27. The number of benzene rings is 7. The van der Waals surface area contributed by atoms with E-state index in [2.05, 4.69) is 151 Å². The Bertz CT molecular complexity index is 3110. The lowest BCUT2D eigenvalue weighted by Gasteiger charge is -2.22. The van der Waals surface area contributed by atoms with Gasteiger partial charge < -0.3 is 0 Å². The van der Waals surface area contributed by atoms with Crippen LogP contribution >= 0.6 is 11.3 Å². The van der Waals surface area contributed by atoms with Crippen molar-refractivity contribution >= 4 is 69.5 Å². The average molecular weight is 697 g/mol. The largest absolute Gasteiger partial charge is 0.277 e. The second-order valence-corrected chi connectivity index (χ2v) is 15.2. The van der Waals surface area contributed by atoms with Gasteiger partial charge in [-0.05, 0) is 63.9 Å². The molecule has 1 aliphatic carbocycles. The molecule has 0 spiro atoms. The molecule has 3 aromatic heterocycles. The topological polar surface area (TPSA) is 43.6 Å². The molecule has 0 bridgehead atoms. The molecule has 1 unspecified atom stereocenters. The highest BCUT2D eigenvalue weighted by Gasteiger charge is 2.30. The molecule has 3 heterocycles. The molecule has 7 aromatic carbocycles. The lowest BCUT2D eigenvalue weighted by Crippen LogP contribution is -2.13. The third-order valence-corrected chi connectivity index (χ3v) is 11.9. The average Bonchev–Trinajstić information content (AvgIpc) is 3.76. The van der Waals surface area contributed by atoms with Gasteiger partial charge in [0.1, 0.15) is 0 Å². The summed E-state index contributed by atoms with van der Waals surface area (Å²) in [7, 11) is 0. The Balaban J connectivity index is 1.23. The summed E-state index contributed by atoms with van der Waals surface area (Å²) >= 11 is 1.86. The van der Waals surface area contributed by atoms with Crippen LogP contribution in [0.15, 0.2) is 158 Å². The van der Waals surface area contributed by atoms with Crippen molar-refractivity contribution < 1.29 is 0 Å². The van der Waals surface area contributed by atoms with Gasteiger partial charge in [0, 0.05) is 47.6 Å². The summed E-state index contributed by atoms with van der Waals surface area (Å²) < 4.78 is 4.96. The van der Waals surface area contributed by atoms with E-state index in [1.807, 2.05) is 29.5 Å². The predicted molar refractivity (Wildman–Crippen MR) is 222 cm³/mol. The maximum Gasteiger partial charge on any atom is 0.238 e. The summed E-state index contributed by atoms with van der Waals surface area (Å²) in [6.07, 6.45) is 3.39. The highest BCUT2D eigenvalue weighted by atomic mass is 32.1. The first-order valence-corrected chi connectivity index (χ1v) is 19.0. The molecule has 11 rings (SSSR count). The van der Waals surface area contributed by atoms with E-state index < -0.39 is 0 Å². The fourth-order valence-electron chi connectivity index (χ4n) is 8.31. The van der Waals surface area contributed by atoms with Crippen LogP contribution in [0.2, 0.25) is 0 Å². The molecular weight excluding hydrogens is 665 g/mol. The van der Waals surface area contributed by atoms with Crippen molar-refractivity contribution in [3.8, 4) is 28.7 Å². The van der Waals surface area contributed by atoms with E-state index in [9.17, 15) is 0 Å². The predicted octanol–water partition coefficient (Wildman–Crippen LogP) is 12.4. The minimum absolute atomic E-state index is 0.351. The molecule has 0 aliphatic heterocycles. The number of hydrogen-bond donors (Lipinski definition) is 0. The minimum atomic E-state index is 0.351. The van der Waals surface area contributed by atoms with E-state index >= 15 is 0 Å². The normalized spacial score (nSPS) is 14.4. The highest BCUT2D eigenvalue weighted by molar-refractivity contribution is 7.25. The molecule has 0 fully saturated rings. The standard InChI is InChI=1S/C48H32N4S/c1-29-25-39(34-22-24-43-40(28-34)37-17-9-10-18-42(37)53-43)45-41(26-29)38-23-21-31-12-7-8-16-36(31)44(38)52(45)48-50-46(32-13-3-2-4-14-32)49-47(51-48)35-20-19-30-11-5-6-15-33(30)27-35/h2-25,27-29H,26H2,1H3. The van der Waals surface area contributed by atoms with Crippen LogP contribution < -0.4 is 0 Å². The first-order chi connectivity index (χ1) is 26.2. The second-order valence-electron chi connectivity index (χ2n) is 14.1. The van der Waals surface area contributed by atoms with E-state index in [-0.39, 0.29) is 0 Å². The molecule has 0 radical (unpaired) electrons. The number of nitrogens with zero attached hydrogens (tertiary/aromatic N) is 4. The summed E-state index contributed by atoms with van der Waals surface area (Å²) in [4.78, 5) is 15.9. The van der Waals surface area contributed by atoms with Crippen LogP contribution in [0.25, 0.3) is 86.9 Å². The van der Waals surface area contributed by atoms with Crippen molar-refractivity contribution in [3.05, 3.63) is 175 Å². The van der Waals surface area contributed by atoms with Crippen molar-refractivity contribution in [2.75, 3.05) is 0 Å². The van der Waals surface area contributed by atoms with E-state index in [0.717, 1.165) is 34.1 Å². The van der Waals surface area contributed by atoms with Gasteiger partial charge in [0.25, 0.3) is 0 Å². The Morgan fingerprint density at radius 2 is 1.21 bits per heavy atom. The van der Waals surface area contributed by atoms with Crippen LogP contribution in [-0.4, -0.2) is 19.5 Å². The van der Waals surface area contributed by atoms with Gasteiger partial charge in [0.05, 0.1) is 11.2 Å². The van der Waals surface area contributed by atoms with Crippen LogP contribution in [0.3, 0.4) is 0 Å². The number of aromatic nitrogens is 4. The molecule has 53 heavy (non-hydrogen) atoms. The second kappa shape index (κ2) is 11.8. The van der Waals surface area contributed by atoms with Crippen molar-refractivity contribution in [3.63, 3.8) is 0 Å². The van der Waals surface area contributed by atoms with Crippen LogP contribution in [0.1, 0.15) is 23.7 Å². The third kappa shape index (κ3) is 4.85. The highest BCUT2D eigenvalue weighted by Crippen LogP contribution is 2.45. The fraction of sp³-hybridized carbons (Fsp3) is 0.0625. The van der Waals surface area contributed by atoms with Gasteiger partial charge in [0.2, 0.25) is 5.95 Å². The summed E-state index contributed by atoms with van der Waals surface area (Å²) in [6, 6.07) is 54.2. The van der Waals surface area contributed by atoms with Crippen molar-refractivity contribution in [2.24, 2.45) is 5.92 Å². The smallest absolute Gasteiger partial charge is 0.238 e. The van der Waals surface area contributed by atoms with E-state index in [1.54, 1.807) is 0 Å². The molecule has 5 heteroatoms. The number of fused-ring (bicyclic) bond motifs is 9. The van der Waals surface area contributed by atoms with Gasteiger partial charge in [-0.15, -0.1) is 11.3 Å². The SMILES string of the molecule is CC1C=C(c2ccc3sc4ccccc4c3c2)c2c(c3ccc4ccccc4c3n2-c2nc(-c3ccccc3)nc(-c3ccc4ccccc4c3)n2)C1. The quantitative estimate of drug-likeness (QED) is 0.184. The van der Waals surface area contributed by atoms with Crippen LogP contribution in [-0.2, 0) is 6.42 Å². The Hall–Kier alpha value is -6.43. The lowest BCUT2D eigenvalue weighted by molar-refractivity contribution is 0.712. The molecule has 250 valence electrons. The van der Waals surface area contributed by atoms with Gasteiger partial charge in [-0.3, -0.25) is 4.57 Å². The Morgan fingerprint density at radius 1 is 0.528 bits per heavy atom. The van der Waals surface area contributed by atoms with Crippen LogP contribution in [0.4, 0.5) is 0 Å². The fourth-order valence-corrected chi connectivity index (χ4v) is 9.40. The Morgan fingerprint density at radius 3 is 2.08 bits per heavy atom. The molecule has 0 saturated heterocycles. The van der Waals surface area contributed by atoms with Crippen molar-refractivity contribution in [2.45, 2.75) is 13.3 Å². The number of rotatable bonds is 4. The van der Waals surface area contributed by atoms with Crippen molar-refractivity contribution in [1.82, 2.24) is 19.5 Å². The third-order valence-electron chi connectivity index (χ3n) is 10.7. The molecule has 4 nitrogen and oxygen atoms in total. The molecule has 0 saturated carbocycles. The molecular formula is C48H32N4S. The number of thiophene rings is 1.